The van der Waals surface area contributed by atoms with Crippen molar-refractivity contribution in [2.45, 2.75) is 68.6 Å². The van der Waals surface area contributed by atoms with Gasteiger partial charge < -0.3 is 9.64 Å². The standard InChI is InChI=1S/C25H32Cl3NO2/c1-2-3-4-5-6-7-8-9-10-11-12-13-17-20-29(21-23-18-15-14-16-19-23)24(30)31-22-25(26,27)28/h9,11,14-16,18-19H,2-6,12-13,17,20-22H2,1H3. The molecule has 0 aliphatic rings. The normalized spacial score (nSPS) is 10.5. The van der Waals surface area contributed by atoms with Gasteiger partial charge in [-0.3, -0.25) is 0 Å². The molecule has 1 aromatic rings. The molecule has 31 heavy (non-hydrogen) atoms. The Balaban J connectivity index is 2.40. The molecule has 0 radical (unpaired) electrons. The Bertz CT molecular complexity index is 742. The first-order valence-corrected chi connectivity index (χ1v) is 12.0. The molecule has 0 aromatic heterocycles. The maximum Gasteiger partial charge on any atom is 0.410 e. The van der Waals surface area contributed by atoms with Crippen LogP contribution >= 0.6 is 34.8 Å². The second-order valence-electron chi connectivity index (χ2n) is 7.22. The number of carbonyl (C=O) groups is 1. The first kappa shape index (κ1) is 27.5. The van der Waals surface area contributed by atoms with Gasteiger partial charge in [0.2, 0.25) is 3.79 Å². The van der Waals surface area contributed by atoms with E-state index in [-0.39, 0.29) is 6.61 Å². The van der Waals surface area contributed by atoms with Gasteiger partial charge in [-0.2, -0.15) is 0 Å². The fourth-order valence-electron chi connectivity index (χ4n) is 2.77. The van der Waals surface area contributed by atoms with Gasteiger partial charge in [-0.15, -0.1) is 5.73 Å². The van der Waals surface area contributed by atoms with Gasteiger partial charge in [0.05, 0.1) is 0 Å². The molecule has 6 heteroatoms. The van der Waals surface area contributed by atoms with E-state index in [0.717, 1.165) is 31.2 Å². The molecule has 0 bridgehead atoms. The SMILES string of the molecule is CCCCCCC#CC=C=CCCCCN(Cc1ccccc1)C(=O)OCC(Cl)(Cl)Cl. The summed E-state index contributed by atoms with van der Waals surface area (Å²) in [7, 11) is 0. The van der Waals surface area contributed by atoms with E-state index in [0.29, 0.717) is 13.1 Å². The van der Waals surface area contributed by atoms with Crippen molar-refractivity contribution in [3.8, 4) is 11.8 Å². The molecule has 0 atom stereocenters. The molecular formula is C25H32Cl3NO2. The predicted molar refractivity (Wildman–Crippen MR) is 132 cm³/mol. The third kappa shape index (κ3) is 15.8. The molecule has 0 spiro atoms. The number of alkyl halides is 3. The number of benzene rings is 1. The van der Waals surface area contributed by atoms with Crippen molar-refractivity contribution in [3.63, 3.8) is 0 Å². The number of amides is 1. The van der Waals surface area contributed by atoms with Crippen LogP contribution in [0, 0.1) is 11.8 Å². The molecule has 0 heterocycles. The highest BCUT2D eigenvalue weighted by atomic mass is 35.6. The van der Waals surface area contributed by atoms with Gasteiger partial charge in [0.1, 0.15) is 6.61 Å². The molecule has 0 fully saturated rings. The van der Waals surface area contributed by atoms with E-state index in [1.807, 2.05) is 36.4 Å². The lowest BCUT2D eigenvalue weighted by Gasteiger charge is -2.23. The van der Waals surface area contributed by atoms with Crippen molar-refractivity contribution in [3.05, 3.63) is 53.8 Å². The number of unbranched alkanes of at least 4 members (excludes halogenated alkanes) is 6. The van der Waals surface area contributed by atoms with E-state index < -0.39 is 9.89 Å². The first-order chi connectivity index (χ1) is 14.9. The van der Waals surface area contributed by atoms with Crippen molar-refractivity contribution < 1.29 is 9.53 Å². The average Bonchev–Trinajstić information content (AvgIpc) is 2.74. The lowest BCUT2D eigenvalue weighted by atomic mass is 10.2. The summed E-state index contributed by atoms with van der Waals surface area (Å²) >= 11 is 17.1. The number of allylic oxidation sites excluding steroid dienone is 1. The molecule has 0 saturated heterocycles. The Morgan fingerprint density at radius 1 is 1.10 bits per heavy atom. The highest BCUT2D eigenvalue weighted by Crippen LogP contribution is 2.26. The zero-order valence-corrected chi connectivity index (χ0v) is 20.5. The lowest BCUT2D eigenvalue weighted by molar-refractivity contribution is 0.101. The molecule has 1 aromatic carbocycles. The molecule has 1 amide bonds. The summed E-state index contributed by atoms with van der Waals surface area (Å²) in [6.07, 6.45) is 11.8. The van der Waals surface area contributed by atoms with Crippen LogP contribution in [0.1, 0.15) is 63.9 Å². The largest absolute Gasteiger partial charge is 0.445 e. The fraction of sp³-hybridized carbons (Fsp3) is 0.520. The molecular weight excluding hydrogens is 453 g/mol. The summed E-state index contributed by atoms with van der Waals surface area (Å²) in [4.78, 5) is 14.1. The van der Waals surface area contributed by atoms with Gasteiger partial charge in [-0.25, -0.2) is 4.79 Å². The third-order valence-corrected chi connectivity index (χ3v) is 4.72. The Kier molecular flexibility index (Phi) is 15.1. The monoisotopic (exact) mass is 483 g/mol. The van der Waals surface area contributed by atoms with Gasteiger partial charge in [-0.05, 0) is 37.3 Å². The highest BCUT2D eigenvalue weighted by Gasteiger charge is 2.24. The molecule has 170 valence electrons. The second-order valence-corrected chi connectivity index (χ2v) is 9.74. The Morgan fingerprint density at radius 3 is 2.58 bits per heavy atom. The number of rotatable bonds is 12. The van der Waals surface area contributed by atoms with Gasteiger partial charge in [0.25, 0.3) is 0 Å². The van der Waals surface area contributed by atoms with Crippen LogP contribution in [0.15, 0.2) is 48.2 Å². The number of halogens is 3. The smallest absolute Gasteiger partial charge is 0.410 e. The van der Waals surface area contributed by atoms with Crippen LogP contribution in [0.5, 0.6) is 0 Å². The van der Waals surface area contributed by atoms with E-state index in [1.54, 1.807) is 11.0 Å². The summed E-state index contributed by atoms with van der Waals surface area (Å²) in [5.74, 6) is 6.17. The summed E-state index contributed by atoms with van der Waals surface area (Å²) in [5.41, 5.74) is 4.12. The third-order valence-electron chi connectivity index (χ3n) is 4.39. The van der Waals surface area contributed by atoms with Crippen LogP contribution < -0.4 is 0 Å². The van der Waals surface area contributed by atoms with Gasteiger partial charge >= 0.3 is 6.09 Å². The zero-order valence-electron chi connectivity index (χ0n) is 18.2. The Morgan fingerprint density at radius 2 is 1.87 bits per heavy atom. The second kappa shape index (κ2) is 17.0. The van der Waals surface area contributed by atoms with Crippen LogP contribution in [-0.4, -0.2) is 27.9 Å². The average molecular weight is 485 g/mol. The van der Waals surface area contributed by atoms with E-state index in [2.05, 4.69) is 24.5 Å². The summed E-state index contributed by atoms with van der Waals surface area (Å²) < 4.78 is 3.53. The first-order valence-electron chi connectivity index (χ1n) is 10.8. The minimum Gasteiger partial charge on any atom is -0.445 e. The molecule has 0 saturated carbocycles. The van der Waals surface area contributed by atoms with Crippen LogP contribution in [0.25, 0.3) is 0 Å². The minimum atomic E-state index is -1.62. The number of carbonyl (C=O) groups excluding carboxylic acids is 1. The van der Waals surface area contributed by atoms with E-state index in [9.17, 15) is 4.79 Å². The van der Waals surface area contributed by atoms with Gasteiger partial charge in [-0.1, -0.05) is 103 Å². The zero-order chi connectivity index (χ0) is 22.8. The van der Waals surface area contributed by atoms with Crippen molar-refractivity contribution >= 4 is 40.9 Å². The van der Waals surface area contributed by atoms with Crippen LogP contribution in [0.2, 0.25) is 0 Å². The quantitative estimate of drug-likeness (QED) is 0.131. The molecule has 1 rings (SSSR count). The molecule has 0 aliphatic heterocycles. The van der Waals surface area contributed by atoms with E-state index in [1.165, 1.54) is 25.7 Å². The molecule has 0 aliphatic carbocycles. The number of hydrogen-bond acceptors (Lipinski definition) is 2. The number of nitrogens with zero attached hydrogens (tertiary/aromatic N) is 1. The van der Waals surface area contributed by atoms with E-state index in [4.69, 9.17) is 39.5 Å². The van der Waals surface area contributed by atoms with Crippen LogP contribution in [0.3, 0.4) is 0 Å². The Labute approximate surface area is 202 Å². The van der Waals surface area contributed by atoms with E-state index >= 15 is 0 Å². The summed E-state index contributed by atoms with van der Waals surface area (Å²) in [5, 5.41) is 0. The molecule has 0 N–H and O–H groups in total. The predicted octanol–water partition coefficient (Wildman–Crippen LogP) is 7.85. The molecule has 0 unspecified atom stereocenters. The van der Waals surface area contributed by atoms with Gasteiger partial charge in [0, 0.05) is 25.6 Å². The topological polar surface area (TPSA) is 29.5 Å². The van der Waals surface area contributed by atoms with Crippen molar-refractivity contribution in [1.82, 2.24) is 4.90 Å². The summed E-state index contributed by atoms with van der Waals surface area (Å²) in [6, 6.07) is 9.74. The Hall–Kier alpha value is -1.56. The van der Waals surface area contributed by atoms with Crippen molar-refractivity contribution in [2.75, 3.05) is 13.2 Å². The van der Waals surface area contributed by atoms with Crippen LogP contribution in [0.4, 0.5) is 4.79 Å². The minimum absolute atomic E-state index is 0.283. The highest BCUT2D eigenvalue weighted by molar-refractivity contribution is 6.67. The summed E-state index contributed by atoms with van der Waals surface area (Å²) in [6.45, 7) is 2.93. The molecule has 3 nitrogen and oxygen atoms in total. The van der Waals surface area contributed by atoms with Crippen LogP contribution in [-0.2, 0) is 11.3 Å². The number of hydrogen-bond donors (Lipinski definition) is 0. The fourth-order valence-corrected chi connectivity index (χ4v) is 2.93. The van der Waals surface area contributed by atoms with Gasteiger partial charge in [0.15, 0.2) is 0 Å². The maximum absolute atomic E-state index is 12.4. The lowest BCUT2D eigenvalue weighted by Crippen LogP contribution is -2.34. The number of ether oxygens (including phenoxy) is 1. The van der Waals surface area contributed by atoms with Crippen molar-refractivity contribution in [1.29, 1.82) is 0 Å². The maximum atomic E-state index is 12.4. The van der Waals surface area contributed by atoms with Crippen molar-refractivity contribution in [2.24, 2.45) is 0 Å².